The molecule has 0 saturated heterocycles. The number of hydrogen-bond acceptors (Lipinski definition) is 2. The number of halogens is 1. The van der Waals surface area contributed by atoms with Crippen LogP contribution in [-0.4, -0.2) is 14.2 Å². The third-order valence-corrected chi connectivity index (χ3v) is 3.84. The number of ether oxygens (including phenoxy) is 1. The molecule has 21 heavy (non-hydrogen) atoms. The molecule has 2 rings (SSSR count). The van der Waals surface area contributed by atoms with Gasteiger partial charge in [-0.25, -0.2) is 4.39 Å². The van der Waals surface area contributed by atoms with Crippen LogP contribution in [-0.2, 0) is 6.42 Å². The molecule has 3 heteroatoms. The average molecular weight is 287 g/mol. The number of aryl methyl sites for hydroxylation is 2. The van der Waals surface area contributed by atoms with Gasteiger partial charge in [0.2, 0.25) is 0 Å². The number of rotatable bonds is 5. The van der Waals surface area contributed by atoms with Gasteiger partial charge in [-0.2, -0.15) is 0 Å². The van der Waals surface area contributed by atoms with E-state index in [4.69, 9.17) is 4.74 Å². The third kappa shape index (κ3) is 3.61. The molecule has 0 aliphatic rings. The van der Waals surface area contributed by atoms with Gasteiger partial charge in [-0.3, -0.25) is 0 Å². The first-order valence-electron chi connectivity index (χ1n) is 7.12. The summed E-state index contributed by atoms with van der Waals surface area (Å²) < 4.78 is 18.7. The summed E-state index contributed by atoms with van der Waals surface area (Å²) in [6.07, 6.45) is 0.794. The highest BCUT2D eigenvalue weighted by atomic mass is 19.1. The summed E-state index contributed by atoms with van der Waals surface area (Å²) in [5.41, 5.74) is 4.40. The summed E-state index contributed by atoms with van der Waals surface area (Å²) in [4.78, 5) is 0. The molecule has 1 atom stereocenters. The van der Waals surface area contributed by atoms with Crippen LogP contribution >= 0.6 is 0 Å². The minimum Gasteiger partial charge on any atom is -0.496 e. The van der Waals surface area contributed by atoms with Crippen molar-refractivity contribution in [3.05, 3.63) is 64.5 Å². The third-order valence-electron chi connectivity index (χ3n) is 3.84. The molecule has 1 N–H and O–H groups in total. The highest BCUT2D eigenvalue weighted by Crippen LogP contribution is 2.29. The second kappa shape index (κ2) is 6.72. The summed E-state index contributed by atoms with van der Waals surface area (Å²) in [5.74, 6) is 0.694. The largest absolute Gasteiger partial charge is 0.496 e. The first kappa shape index (κ1) is 15.5. The molecule has 2 nitrogen and oxygen atoms in total. The molecule has 1 unspecified atom stereocenters. The number of methoxy groups -OCH3 is 1. The zero-order valence-corrected chi connectivity index (χ0v) is 13.0. The topological polar surface area (TPSA) is 21.3 Å². The first-order chi connectivity index (χ1) is 10.0. The van der Waals surface area contributed by atoms with Crippen LogP contribution in [0.4, 0.5) is 4.39 Å². The van der Waals surface area contributed by atoms with E-state index >= 15 is 0 Å². The van der Waals surface area contributed by atoms with Gasteiger partial charge >= 0.3 is 0 Å². The summed E-state index contributed by atoms with van der Waals surface area (Å²) in [6.45, 7) is 3.99. The van der Waals surface area contributed by atoms with Gasteiger partial charge in [0.25, 0.3) is 0 Å². The van der Waals surface area contributed by atoms with Crippen LogP contribution in [0.3, 0.4) is 0 Å². The smallest absolute Gasteiger partial charge is 0.123 e. The normalized spacial score (nSPS) is 12.2. The van der Waals surface area contributed by atoms with E-state index < -0.39 is 0 Å². The van der Waals surface area contributed by atoms with Crippen molar-refractivity contribution in [3.63, 3.8) is 0 Å². The van der Waals surface area contributed by atoms with Crippen LogP contribution in [0.1, 0.15) is 28.3 Å². The molecule has 0 aromatic heterocycles. The lowest BCUT2D eigenvalue weighted by atomic mass is 9.95. The van der Waals surface area contributed by atoms with E-state index in [9.17, 15) is 4.39 Å². The Morgan fingerprint density at radius 1 is 1.14 bits per heavy atom. The summed E-state index contributed by atoms with van der Waals surface area (Å²) in [7, 11) is 3.62. The minimum absolute atomic E-state index is 0.129. The highest BCUT2D eigenvalue weighted by molar-refractivity contribution is 5.40. The Labute approximate surface area is 126 Å². The Morgan fingerprint density at radius 3 is 2.52 bits per heavy atom. The lowest BCUT2D eigenvalue weighted by Gasteiger charge is -2.21. The second-order valence-electron chi connectivity index (χ2n) is 5.36. The van der Waals surface area contributed by atoms with Crippen LogP contribution in [0.5, 0.6) is 5.75 Å². The molecule has 0 amide bonds. The van der Waals surface area contributed by atoms with Gasteiger partial charge in [0, 0.05) is 11.6 Å². The van der Waals surface area contributed by atoms with Crippen LogP contribution in [0, 0.1) is 19.7 Å². The van der Waals surface area contributed by atoms with Crippen LogP contribution in [0.15, 0.2) is 36.4 Å². The predicted molar refractivity (Wildman–Crippen MR) is 84.4 cm³/mol. The van der Waals surface area contributed by atoms with Gasteiger partial charge in [0.1, 0.15) is 11.6 Å². The van der Waals surface area contributed by atoms with E-state index in [1.807, 2.05) is 33.0 Å². The Morgan fingerprint density at radius 2 is 1.90 bits per heavy atom. The Kier molecular flexibility index (Phi) is 4.97. The maximum Gasteiger partial charge on any atom is 0.123 e. The molecule has 112 valence electrons. The van der Waals surface area contributed by atoms with Gasteiger partial charge in [-0.05, 0) is 62.2 Å². The fourth-order valence-electron chi connectivity index (χ4n) is 2.58. The molecule has 2 aromatic carbocycles. The van der Waals surface area contributed by atoms with Crippen molar-refractivity contribution in [3.8, 4) is 5.75 Å². The fraction of sp³-hybridized carbons (Fsp3) is 0.333. The number of nitrogens with one attached hydrogen (secondary N) is 1. The van der Waals surface area contributed by atoms with Crippen molar-refractivity contribution in [2.24, 2.45) is 0 Å². The number of hydrogen-bond donors (Lipinski definition) is 1. The maximum absolute atomic E-state index is 13.2. The van der Waals surface area contributed by atoms with E-state index in [-0.39, 0.29) is 11.9 Å². The van der Waals surface area contributed by atoms with E-state index in [0.29, 0.717) is 0 Å². The molecule has 0 aliphatic heterocycles. The van der Waals surface area contributed by atoms with Crippen LogP contribution in [0.25, 0.3) is 0 Å². The van der Waals surface area contributed by atoms with Crippen molar-refractivity contribution in [1.29, 1.82) is 0 Å². The molecule has 0 radical (unpaired) electrons. The molecular formula is C18H22FNO. The summed E-state index contributed by atoms with van der Waals surface area (Å²) >= 11 is 0. The highest BCUT2D eigenvalue weighted by Gasteiger charge is 2.16. The molecule has 0 aliphatic carbocycles. The van der Waals surface area contributed by atoms with Crippen molar-refractivity contribution in [1.82, 2.24) is 5.32 Å². The molecule has 0 saturated carbocycles. The Balaban J connectivity index is 2.32. The molecule has 0 bridgehead atoms. The standard InChI is InChI=1S/C18H22FNO/c1-12-5-8-16(18(9-12)21-4)17(20-3)11-14-6-7-15(19)10-13(14)2/h5-10,17,20H,11H2,1-4H3. The summed E-state index contributed by atoms with van der Waals surface area (Å²) in [6, 6.07) is 11.3. The van der Waals surface area contributed by atoms with Crippen LogP contribution in [0.2, 0.25) is 0 Å². The monoisotopic (exact) mass is 287 g/mol. The Bertz CT molecular complexity index is 625. The van der Waals surface area contributed by atoms with Crippen molar-refractivity contribution >= 4 is 0 Å². The lowest BCUT2D eigenvalue weighted by molar-refractivity contribution is 0.401. The molecular weight excluding hydrogens is 265 g/mol. The maximum atomic E-state index is 13.2. The van der Waals surface area contributed by atoms with Gasteiger partial charge in [-0.1, -0.05) is 18.2 Å². The SMILES string of the molecule is CNC(Cc1ccc(F)cc1C)c1ccc(C)cc1OC. The van der Waals surface area contributed by atoms with E-state index in [1.165, 1.54) is 11.6 Å². The predicted octanol–water partition coefficient (Wildman–Crippen LogP) is 3.95. The summed E-state index contributed by atoms with van der Waals surface area (Å²) in [5, 5.41) is 3.33. The van der Waals surface area contributed by atoms with E-state index in [1.54, 1.807) is 13.2 Å². The van der Waals surface area contributed by atoms with E-state index in [0.717, 1.165) is 28.9 Å². The number of benzene rings is 2. The lowest BCUT2D eigenvalue weighted by Crippen LogP contribution is -2.20. The zero-order chi connectivity index (χ0) is 15.4. The molecule has 0 spiro atoms. The average Bonchev–Trinajstić information content (AvgIpc) is 2.47. The quantitative estimate of drug-likeness (QED) is 0.899. The van der Waals surface area contributed by atoms with Gasteiger partial charge in [0.15, 0.2) is 0 Å². The van der Waals surface area contributed by atoms with Crippen molar-refractivity contribution in [2.75, 3.05) is 14.2 Å². The molecule has 2 aromatic rings. The zero-order valence-electron chi connectivity index (χ0n) is 13.0. The second-order valence-corrected chi connectivity index (χ2v) is 5.36. The van der Waals surface area contributed by atoms with Gasteiger partial charge in [0.05, 0.1) is 7.11 Å². The van der Waals surface area contributed by atoms with Gasteiger partial charge in [-0.15, -0.1) is 0 Å². The first-order valence-corrected chi connectivity index (χ1v) is 7.12. The minimum atomic E-state index is -0.190. The number of likely N-dealkylation sites (N-methyl/N-ethyl adjacent to an activating group) is 1. The van der Waals surface area contributed by atoms with Gasteiger partial charge < -0.3 is 10.1 Å². The molecule has 0 heterocycles. The Hall–Kier alpha value is -1.87. The van der Waals surface area contributed by atoms with Crippen LogP contribution < -0.4 is 10.1 Å². The van der Waals surface area contributed by atoms with E-state index in [2.05, 4.69) is 17.4 Å². The van der Waals surface area contributed by atoms with Crippen molar-refractivity contribution < 1.29 is 9.13 Å². The molecule has 0 fully saturated rings. The fourth-order valence-corrected chi connectivity index (χ4v) is 2.58. The van der Waals surface area contributed by atoms with Crippen molar-refractivity contribution in [2.45, 2.75) is 26.3 Å².